The first kappa shape index (κ1) is 13.5. The molecule has 0 aromatic heterocycles. The van der Waals surface area contributed by atoms with E-state index < -0.39 is 0 Å². The van der Waals surface area contributed by atoms with E-state index in [1.807, 2.05) is 19.9 Å². The molecule has 1 rings (SSSR count). The Hall–Kier alpha value is -1.61. The standard InChI is InChI=1S/C13H15ClN2O/c1-3-11(16-4-2)9-17-13-6-5-10(8-15)7-12(13)14/h3-8,15H,9H2,1-2H3/b11-3-,15-8?,16-4?. The van der Waals surface area contributed by atoms with E-state index in [4.69, 9.17) is 21.7 Å². The van der Waals surface area contributed by atoms with Crippen molar-refractivity contribution in [1.82, 2.24) is 0 Å². The van der Waals surface area contributed by atoms with Crippen LogP contribution in [0.1, 0.15) is 19.4 Å². The minimum atomic E-state index is 0.379. The largest absolute Gasteiger partial charge is 0.486 e. The van der Waals surface area contributed by atoms with Crippen molar-refractivity contribution >= 4 is 24.0 Å². The molecule has 0 atom stereocenters. The first-order valence-corrected chi connectivity index (χ1v) is 5.65. The normalized spacial score (nSPS) is 11.8. The van der Waals surface area contributed by atoms with Gasteiger partial charge in [0.2, 0.25) is 0 Å². The predicted molar refractivity (Wildman–Crippen MR) is 72.8 cm³/mol. The highest BCUT2D eigenvalue weighted by Gasteiger charge is 2.03. The van der Waals surface area contributed by atoms with Gasteiger partial charge in [-0.05, 0) is 37.6 Å². The van der Waals surface area contributed by atoms with Crippen molar-refractivity contribution in [2.45, 2.75) is 13.8 Å². The zero-order valence-corrected chi connectivity index (χ0v) is 10.7. The van der Waals surface area contributed by atoms with Crippen LogP contribution >= 0.6 is 11.6 Å². The van der Waals surface area contributed by atoms with Crippen molar-refractivity contribution in [3.05, 3.63) is 40.6 Å². The van der Waals surface area contributed by atoms with Crippen LogP contribution in [0.5, 0.6) is 5.75 Å². The van der Waals surface area contributed by atoms with Gasteiger partial charge in [-0.15, -0.1) is 0 Å². The third-order valence-electron chi connectivity index (χ3n) is 2.13. The van der Waals surface area contributed by atoms with Gasteiger partial charge in [-0.25, -0.2) is 0 Å². The lowest BCUT2D eigenvalue weighted by Gasteiger charge is -2.08. The van der Waals surface area contributed by atoms with Crippen LogP contribution in [-0.4, -0.2) is 19.0 Å². The van der Waals surface area contributed by atoms with Crippen LogP contribution in [0.2, 0.25) is 5.02 Å². The number of aliphatic imine (C=N–C) groups is 1. The van der Waals surface area contributed by atoms with Gasteiger partial charge in [0.1, 0.15) is 12.4 Å². The van der Waals surface area contributed by atoms with Gasteiger partial charge >= 0.3 is 0 Å². The van der Waals surface area contributed by atoms with E-state index >= 15 is 0 Å². The second-order valence-corrected chi connectivity index (χ2v) is 3.70. The van der Waals surface area contributed by atoms with Crippen molar-refractivity contribution in [3.63, 3.8) is 0 Å². The topological polar surface area (TPSA) is 45.4 Å². The molecule has 17 heavy (non-hydrogen) atoms. The molecule has 0 aliphatic rings. The summed E-state index contributed by atoms with van der Waals surface area (Å²) in [6.07, 6.45) is 4.85. The summed E-state index contributed by atoms with van der Waals surface area (Å²) in [4.78, 5) is 4.15. The van der Waals surface area contributed by atoms with Crippen molar-refractivity contribution in [3.8, 4) is 5.75 Å². The van der Waals surface area contributed by atoms with E-state index in [-0.39, 0.29) is 0 Å². The molecule has 1 aromatic carbocycles. The van der Waals surface area contributed by atoms with E-state index in [2.05, 4.69) is 4.99 Å². The summed E-state index contributed by atoms with van der Waals surface area (Å²) < 4.78 is 5.55. The average Bonchev–Trinajstić information content (AvgIpc) is 2.35. The number of halogens is 1. The highest BCUT2D eigenvalue weighted by Crippen LogP contribution is 2.25. The maximum absolute atomic E-state index is 7.11. The summed E-state index contributed by atoms with van der Waals surface area (Å²) >= 11 is 6.03. The maximum Gasteiger partial charge on any atom is 0.138 e. The molecular weight excluding hydrogens is 236 g/mol. The lowest BCUT2D eigenvalue weighted by molar-refractivity contribution is 0.351. The lowest BCUT2D eigenvalue weighted by atomic mass is 10.2. The van der Waals surface area contributed by atoms with Crippen LogP contribution in [0.3, 0.4) is 0 Å². The number of hydrogen-bond donors (Lipinski definition) is 1. The fourth-order valence-corrected chi connectivity index (χ4v) is 1.48. The van der Waals surface area contributed by atoms with Crippen molar-refractivity contribution < 1.29 is 4.74 Å². The Labute approximate surface area is 106 Å². The number of benzene rings is 1. The smallest absolute Gasteiger partial charge is 0.138 e. The van der Waals surface area contributed by atoms with Crippen molar-refractivity contribution in [2.75, 3.05) is 6.61 Å². The van der Waals surface area contributed by atoms with Gasteiger partial charge < -0.3 is 10.1 Å². The molecule has 0 saturated heterocycles. The Morgan fingerprint density at radius 2 is 2.24 bits per heavy atom. The molecule has 0 heterocycles. The van der Waals surface area contributed by atoms with E-state index in [1.165, 1.54) is 6.21 Å². The van der Waals surface area contributed by atoms with Crippen LogP contribution in [0.4, 0.5) is 0 Å². The van der Waals surface area contributed by atoms with Gasteiger partial charge in [0.05, 0.1) is 10.7 Å². The first-order chi connectivity index (χ1) is 8.21. The Bertz CT molecular complexity index is 453. The Morgan fingerprint density at radius 3 is 2.76 bits per heavy atom. The predicted octanol–water partition coefficient (Wildman–Crippen LogP) is 3.71. The second-order valence-electron chi connectivity index (χ2n) is 3.29. The molecule has 0 aliphatic carbocycles. The summed E-state index contributed by atoms with van der Waals surface area (Å²) in [6, 6.07) is 5.24. The quantitative estimate of drug-likeness (QED) is 0.796. The number of ether oxygens (including phenoxy) is 1. The Kier molecular flexibility index (Phi) is 5.43. The monoisotopic (exact) mass is 250 g/mol. The van der Waals surface area contributed by atoms with Gasteiger partial charge in [0.25, 0.3) is 0 Å². The van der Waals surface area contributed by atoms with Gasteiger partial charge in [0.15, 0.2) is 0 Å². The Balaban J connectivity index is 2.72. The molecule has 0 aliphatic heterocycles. The maximum atomic E-state index is 7.11. The van der Waals surface area contributed by atoms with Gasteiger partial charge in [-0.3, -0.25) is 4.99 Å². The SMILES string of the molecule is CC=N/C(=C\C)COc1ccc(C=N)cc1Cl. The molecule has 0 unspecified atom stereocenters. The molecule has 3 nitrogen and oxygen atoms in total. The third kappa shape index (κ3) is 4.04. The van der Waals surface area contributed by atoms with E-state index in [9.17, 15) is 0 Å². The van der Waals surface area contributed by atoms with Gasteiger partial charge in [0, 0.05) is 12.4 Å². The molecule has 0 saturated carbocycles. The summed E-state index contributed by atoms with van der Waals surface area (Å²) in [5, 5.41) is 7.61. The van der Waals surface area contributed by atoms with Crippen LogP contribution in [-0.2, 0) is 0 Å². The average molecular weight is 251 g/mol. The van der Waals surface area contributed by atoms with E-state index in [1.54, 1.807) is 24.4 Å². The zero-order valence-electron chi connectivity index (χ0n) is 9.90. The van der Waals surface area contributed by atoms with Crippen LogP contribution in [0.25, 0.3) is 0 Å². The second kappa shape index (κ2) is 6.86. The minimum absolute atomic E-state index is 0.379. The summed E-state index contributed by atoms with van der Waals surface area (Å²) in [5.41, 5.74) is 1.60. The molecule has 0 radical (unpaired) electrons. The van der Waals surface area contributed by atoms with E-state index in [0.717, 1.165) is 11.3 Å². The number of hydrogen-bond acceptors (Lipinski definition) is 3. The minimum Gasteiger partial charge on any atom is -0.486 e. The number of nitrogens with zero attached hydrogens (tertiary/aromatic N) is 1. The van der Waals surface area contributed by atoms with Crippen molar-refractivity contribution in [2.24, 2.45) is 4.99 Å². The van der Waals surface area contributed by atoms with Gasteiger partial charge in [-0.2, -0.15) is 0 Å². The molecular formula is C13H15ClN2O. The molecule has 1 aromatic rings. The molecule has 1 N–H and O–H groups in total. The van der Waals surface area contributed by atoms with E-state index in [0.29, 0.717) is 17.4 Å². The van der Waals surface area contributed by atoms with Crippen LogP contribution in [0, 0.1) is 5.41 Å². The molecule has 90 valence electrons. The molecule has 0 bridgehead atoms. The number of nitrogens with one attached hydrogen (secondary N) is 1. The molecule has 4 heteroatoms. The molecule has 0 fully saturated rings. The third-order valence-corrected chi connectivity index (χ3v) is 2.42. The highest BCUT2D eigenvalue weighted by atomic mass is 35.5. The lowest BCUT2D eigenvalue weighted by Crippen LogP contribution is -2.00. The zero-order chi connectivity index (χ0) is 12.7. The Morgan fingerprint density at radius 1 is 1.47 bits per heavy atom. The van der Waals surface area contributed by atoms with Crippen LogP contribution in [0.15, 0.2) is 35.0 Å². The number of rotatable bonds is 5. The van der Waals surface area contributed by atoms with Crippen LogP contribution < -0.4 is 4.74 Å². The van der Waals surface area contributed by atoms with Gasteiger partial charge in [-0.1, -0.05) is 17.7 Å². The van der Waals surface area contributed by atoms with Crippen molar-refractivity contribution in [1.29, 1.82) is 5.41 Å². The number of allylic oxidation sites excluding steroid dienone is 1. The molecule has 0 spiro atoms. The fourth-order valence-electron chi connectivity index (χ4n) is 1.24. The first-order valence-electron chi connectivity index (χ1n) is 5.28. The highest BCUT2D eigenvalue weighted by molar-refractivity contribution is 6.32. The summed E-state index contributed by atoms with van der Waals surface area (Å²) in [5.74, 6) is 0.600. The molecule has 0 amide bonds. The summed E-state index contributed by atoms with van der Waals surface area (Å²) in [7, 11) is 0. The fraction of sp³-hybridized carbons (Fsp3) is 0.231. The summed E-state index contributed by atoms with van der Waals surface area (Å²) in [6.45, 7) is 4.14.